The zero-order valence-corrected chi connectivity index (χ0v) is 11.9. The first-order valence-electron chi connectivity index (χ1n) is 4.09. The molecule has 0 aromatic heterocycles. The van der Waals surface area contributed by atoms with Crippen molar-refractivity contribution in [3.8, 4) is 0 Å². The number of halogens is 3. The van der Waals surface area contributed by atoms with Crippen LogP contribution in [0.1, 0.15) is 20.8 Å². The Morgan fingerprint density at radius 1 is 1.25 bits per heavy atom. The van der Waals surface area contributed by atoms with Crippen LogP contribution in [0.5, 0.6) is 0 Å². The van der Waals surface area contributed by atoms with Gasteiger partial charge in [-0.25, -0.2) is 0 Å². The van der Waals surface area contributed by atoms with Gasteiger partial charge in [-0.1, -0.05) is 34.8 Å². The fourth-order valence-electron chi connectivity index (χ4n) is 0.604. The summed E-state index contributed by atoms with van der Waals surface area (Å²) < 4.78 is 13.2. The number of hydrogen-bond donors (Lipinski definition) is 2. The Bertz CT molecular complexity index is 313. The van der Waals surface area contributed by atoms with E-state index in [9.17, 15) is 9.36 Å². The van der Waals surface area contributed by atoms with Crippen LogP contribution in [-0.2, 0) is 14.1 Å². The molecular formula is C7H12Cl3O5P. The smallest absolute Gasteiger partial charge is 0.370 e. The van der Waals surface area contributed by atoms with E-state index in [0.29, 0.717) is 0 Å². The van der Waals surface area contributed by atoms with Crippen molar-refractivity contribution in [3.05, 3.63) is 0 Å². The molecule has 5 nitrogen and oxygen atoms in total. The number of rotatable bonds is 2. The predicted molar refractivity (Wildman–Crippen MR) is 61.7 cm³/mol. The largest absolute Gasteiger partial charge is 0.444 e. The minimum absolute atomic E-state index is 0.868. The number of esters is 1. The van der Waals surface area contributed by atoms with Gasteiger partial charge in [-0.2, -0.15) is 0 Å². The van der Waals surface area contributed by atoms with Gasteiger partial charge >= 0.3 is 13.6 Å². The first kappa shape index (κ1) is 16.5. The van der Waals surface area contributed by atoms with Gasteiger partial charge in [0.15, 0.2) is 0 Å². The van der Waals surface area contributed by atoms with Crippen molar-refractivity contribution in [3.63, 3.8) is 0 Å². The molecule has 0 radical (unpaired) electrons. The third kappa shape index (κ3) is 5.21. The summed E-state index contributed by atoms with van der Waals surface area (Å²) >= 11 is 16.0. The topological polar surface area (TPSA) is 83.8 Å². The Morgan fingerprint density at radius 3 is 1.81 bits per heavy atom. The maximum atomic E-state index is 11.4. The molecule has 96 valence electrons. The first-order chi connectivity index (χ1) is 6.76. The van der Waals surface area contributed by atoms with Crippen LogP contribution >= 0.6 is 42.4 Å². The van der Waals surface area contributed by atoms with E-state index < -0.39 is 28.6 Å². The molecular weight excluding hydrogens is 301 g/mol. The summed E-state index contributed by atoms with van der Waals surface area (Å²) in [6.45, 7) is 4.51. The van der Waals surface area contributed by atoms with Crippen molar-refractivity contribution in [1.82, 2.24) is 0 Å². The van der Waals surface area contributed by atoms with Crippen LogP contribution in [0.15, 0.2) is 0 Å². The molecule has 0 amide bonds. The lowest BCUT2D eigenvalue weighted by atomic mass is 9.97. The zero-order chi connectivity index (χ0) is 13.4. The second-order valence-electron chi connectivity index (χ2n) is 4.14. The van der Waals surface area contributed by atoms with Crippen molar-refractivity contribution in [2.45, 2.75) is 30.4 Å². The van der Waals surface area contributed by atoms with E-state index in [1.807, 2.05) is 0 Å². The molecule has 0 fully saturated rings. The van der Waals surface area contributed by atoms with Gasteiger partial charge in [0.1, 0.15) is 0 Å². The van der Waals surface area contributed by atoms with Crippen molar-refractivity contribution < 1.29 is 23.9 Å². The van der Waals surface area contributed by atoms with Crippen LogP contribution in [0.2, 0.25) is 0 Å². The Balaban J connectivity index is 5.01. The molecule has 0 aliphatic heterocycles. The zero-order valence-electron chi connectivity index (χ0n) is 8.78. The molecule has 0 aromatic carbocycles. The Kier molecular flexibility index (Phi) is 5.16. The van der Waals surface area contributed by atoms with E-state index in [1.54, 1.807) is 0 Å². The second kappa shape index (κ2) is 5.01. The molecule has 0 aromatic rings. The molecule has 0 spiro atoms. The van der Waals surface area contributed by atoms with Crippen LogP contribution in [0.4, 0.5) is 0 Å². The lowest BCUT2D eigenvalue weighted by molar-refractivity contribution is -0.155. The standard InChI is InChI=1S/C7H12Cl3O5P/c1-6(2,3)4(11)15-5(7(8,9)10)16(12,13)14/h5H,1-3H3,(H2,12,13,14)/t5-/m1/s1. The van der Waals surface area contributed by atoms with Gasteiger partial charge in [0.05, 0.1) is 5.41 Å². The summed E-state index contributed by atoms with van der Waals surface area (Å²) in [7, 11) is -4.86. The first-order valence-corrected chi connectivity index (χ1v) is 6.91. The predicted octanol–water partition coefficient (Wildman–Crippen LogP) is 2.45. The highest BCUT2D eigenvalue weighted by Crippen LogP contribution is 2.53. The van der Waals surface area contributed by atoms with Gasteiger partial charge in [0.25, 0.3) is 0 Å². The van der Waals surface area contributed by atoms with Crippen LogP contribution in [0.25, 0.3) is 0 Å². The van der Waals surface area contributed by atoms with Gasteiger partial charge in [-0.3, -0.25) is 9.36 Å². The highest BCUT2D eigenvalue weighted by Gasteiger charge is 2.49. The molecule has 0 bridgehead atoms. The highest BCUT2D eigenvalue weighted by molar-refractivity contribution is 7.53. The van der Waals surface area contributed by atoms with Crippen LogP contribution < -0.4 is 0 Å². The number of ether oxygens (including phenoxy) is 1. The SMILES string of the molecule is CC(C)(C)C(=O)O[C@@H](C(Cl)(Cl)Cl)P(=O)(O)O. The molecule has 9 heteroatoms. The lowest BCUT2D eigenvalue weighted by Crippen LogP contribution is -2.35. The van der Waals surface area contributed by atoms with Gasteiger partial charge < -0.3 is 14.5 Å². The van der Waals surface area contributed by atoms with E-state index in [1.165, 1.54) is 20.8 Å². The third-order valence-electron chi connectivity index (χ3n) is 1.42. The fourth-order valence-corrected chi connectivity index (χ4v) is 2.50. The van der Waals surface area contributed by atoms with E-state index in [4.69, 9.17) is 44.6 Å². The van der Waals surface area contributed by atoms with Gasteiger partial charge in [-0.15, -0.1) is 0 Å². The molecule has 0 rings (SSSR count). The maximum absolute atomic E-state index is 11.4. The monoisotopic (exact) mass is 312 g/mol. The van der Waals surface area contributed by atoms with Crippen molar-refractivity contribution >= 4 is 48.4 Å². The van der Waals surface area contributed by atoms with Crippen molar-refractivity contribution in [2.24, 2.45) is 5.41 Å². The average molecular weight is 314 g/mol. The normalized spacial score (nSPS) is 15.8. The summed E-state index contributed by atoms with van der Waals surface area (Å²) in [6.07, 6.45) is 0. The average Bonchev–Trinajstić information content (AvgIpc) is 1.92. The van der Waals surface area contributed by atoms with Gasteiger partial charge in [0.2, 0.25) is 9.64 Å². The molecule has 16 heavy (non-hydrogen) atoms. The molecule has 0 saturated heterocycles. The van der Waals surface area contributed by atoms with Gasteiger partial charge in [0, 0.05) is 0 Å². The molecule has 0 saturated carbocycles. The molecule has 2 N–H and O–H groups in total. The van der Waals surface area contributed by atoms with E-state index >= 15 is 0 Å². The quantitative estimate of drug-likeness (QED) is 0.465. The lowest BCUT2D eigenvalue weighted by Gasteiger charge is -2.27. The van der Waals surface area contributed by atoms with E-state index in [2.05, 4.69) is 4.74 Å². The summed E-state index contributed by atoms with van der Waals surface area (Å²) in [4.78, 5) is 29.2. The second-order valence-corrected chi connectivity index (χ2v) is 8.15. The maximum Gasteiger partial charge on any atom is 0.370 e. The summed E-state index contributed by atoms with van der Waals surface area (Å²) in [5.41, 5.74) is -0.955. The summed E-state index contributed by atoms with van der Waals surface area (Å²) in [6, 6.07) is 0. The Hall–Kier alpha value is 0.490. The van der Waals surface area contributed by atoms with Crippen LogP contribution in [-0.4, -0.2) is 25.4 Å². The fraction of sp³-hybridized carbons (Fsp3) is 0.857. The van der Waals surface area contributed by atoms with Crippen molar-refractivity contribution in [1.29, 1.82) is 0 Å². The Labute approximate surface area is 108 Å². The van der Waals surface area contributed by atoms with Crippen LogP contribution in [0, 0.1) is 5.41 Å². The van der Waals surface area contributed by atoms with Crippen molar-refractivity contribution in [2.75, 3.05) is 0 Å². The summed E-state index contributed by atoms with van der Waals surface area (Å²) in [5, 5.41) is 0. The molecule has 0 aliphatic rings. The number of alkyl halides is 3. The minimum atomic E-state index is -4.86. The minimum Gasteiger partial charge on any atom is -0.444 e. The molecule has 1 atom stereocenters. The summed E-state index contributed by atoms with van der Waals surface area (Å²) in [5.74, 6) is -2.98. The number of hydrogen-bond acceptors (Lipinski definition) is 3. The van der Waals surface area contributed by atoms with Crippen LogP contribution in [0.3, 0.4) is 0 Å². The van der Waals surface area contributed by atoms with Gasteiger partial charge in [-0.05, 0) is 20.8 Å². The van der Waals surface area contributed by atoms with E-state index in [0.717, 1.165) is 0 Å². The highest BCUT2D eigenvalue weighted by atomic mass is 35.6. The van der Waals surface area contributed by atoms with E-state index in [-0.39, 0.29) is 0 Å². The number of carbonyl (C=O) groups is 1. The molecule has 0 heterocycles. The Morgan fingerprint density at radius 2 is 1.62 bits per heavy atom. The number of carbonyl (C=O) groups excluding carboxylic acids is 1. The third-order valence-corrected chi connectivity index (χ3v) is 3.57. The molecule has 0 unspecified atom stereocenters. The molecule has 0 aliphatic carbocycles.